The Balaban J connectivity index is 1.77. The number of hydrogen-bond donors (Lipinski definition) is 2. The molecule has 2 aliphatic rings. The summed E-state index contributed by atoms with van der Waals surface area (Å²) in [5.41, 5.74) is 0.769. The van der Waals surface area contributed by atoms with E-state index >= 15 is 0 Å². The second kappa shape index (κ2) is 5.87. The van der Waals surface area contributed by atoms with Crippen LogP contribution in [-0.4, -0.2) is 18.5 Å². The van der Waals surface area contributed by atoms with Gasteiger partial charge >= 0.3 is 0 Å². The summed E-state index contributed by atoms with van der Waals surface area (Å²) in [7, 11) is 0. The Morgan fingerprint density at radius 3 is 2.72 bits per heavy atom. The molecule has 0 aliphatic carbocycles. The third kappa shape index (κ3) is 2.61. The Morgan fingerprint density at radius 2 is 2.11 bits per heavy atom. The summed E-state index contributed by atoms with van der Waals surface area (Å²) in [6, 6.07) is 0.396. The smallest absolute Gasteiger partial charge is 0.233 e. The van der Waals surface area contributed by atoms with Crippen molar-refractivity contribution in [3.05, 3.63) is 12.3 Å². The van der Waals surface area contributed by atoms with Crippen LogP contribution < -0.4 is 10.6 Å². The van der Waals surface area contributed by atoms with Crippen molar-refractivity contribution in [1.29, 1.82) is 0 Å². The highest BCUT2D eigenvalue weighted by Crippen LogP contribution is 2.41. The van der Waals surface area contributed by atoms with Crippen molar-refractivity contribution >= 4 is 5.91 Å². The molecule has 2 rings (SSSR count). The summed E-state index contributed by atoms with van der Waals surface area (Å²) in [6.07, 6.45) is 9.57. The second-order valence-electron chi connectivity index (χ2n) is 5.85. The van der Waals surface area contributed by atoms with E-state index < -0.39 is 0 Å². The zero-order valence-electron chi connectivity index (χ0n) is 11.6. The normalized spacial score (nSPS) is 31.3. The number of nitrogens with one attached hydrogen (secondary N) is 2. The molecule has 0 radical (unpaired) electrons. The maximum absolute atomic E-state index is 12.1. The maximum Gasteiger partial charge on any atom is 0.233 e. The van der Waals surface area contributed by atoms with E-state index in [0.717, 1.165) is 31.5 Å². The molecule has 0 saturated carbocycles. The highest BCUT2D eigenvalue weighted by Gasteiger charge is 2.53. The maximum atomic E-state index is 12.1. The first-order chi connectivity index (χ1) is 8.69. The zero-order valence-corrected chi connectivity index (χ0v) is 11.6. The fraction of sp³-hybridized carbons (Fsp3) is 0.800. The van der Waals surface area contributed by atoms with Crippen LogP contribution in [0.2, 0.25) is 0 Å². The molecule has 2 atom stereocenters. The lowest BCUT2D eigenvalue weighted by Gasteiger charge is -2.51. The van der Waals surface area contributed by atoms with Crippen molar-refractivity contribution in [3.63, 3.8) is 0 Å². The molecule has 102 valence electrons. The standard InChI is InChI=1S/C15H26N2O/c1-3-4-5-6-7-8-13-15(11-16-13)10-9-12(2)17-14(15)18/h13,16H,2-11H2,1H3,(H,17,18). The van der Waals surface area contributed by atoms with Gasteiger partial charge < -0.3 is 10.6 Å². The number of hydrogen-bond acceptors (Lipinski definition) is 2. The van der Waals surface area contributed by atoms with Gasteiger partial charge in [0.1, 0.15) is 0 Å². The lowest BCUT2D eigenvalue weighted by molar-refractivity contribution is -0.139. The molecule has 2 N–H and O–H groups in total. The van der Waals surface area contributed by atoms with Crippen molar-refractivity contribution in [2.24, 2.45) is 5.41 Å². The van der Waals surface area contributed by atoms with Crippen molar-refractivity contribution < 1.29 is 4.79 Å². The fourth-order valence-corrected chi connectivity index (χ4v) is 3.16. The summed E-state index contributed by atoms with van der Waals surface area (Å²) in [5, 5.41) is 6.39. The molecule has 2 saturated heterocycles. The van der Waals surface area contributed by atoms with Crippen LogP contribution in [-0.2, 0) is 4.79 Å². The van der Waals surface area contributed by atoms with E-state index in [1.807, 2.05) is 0 Å². The van der Waals surface area contributed by atoms with Gasteiger partial charge in [0, 0.05) is 18.3 Å². The van der Waals surface area contributed by atoms with E-state index in [1.54, 1.807) is 0 Å². The molecule has 0 bridgehead atoms. The summed E-state index contributed by atoms with van der Waals surface area (Å²) < 4.78 is 0. The largest absolute Gasteiger partial charge is 0.330 e. The van der Waals surface area contributed by atoms with Crippen LogP contribution >= 0.6 is 0 Å². The predicted octanol–water partition coefficient (Wildman–Crippen LogP) is 2.73. The fourth-order valence-electron chi connectivity index (χ4n) is 3.16. The topological polar surface area (TPSA) is 41.1 Å². The first-order valence-corrected chi connectivity index (χ1v) is 7.41. The molecule has 1 amide bonds. The number of amides is 1. The van der Waals surface area contributed by atoms with Crippen LogP contribution in [0, 0.1) is 5.41 Å². The van der Waals surface area contributed by atoms with Gasteiger partial charge in [-0.15, -0.1) is 0 Å². The number of rotatable bonds is 6. The molecule has 3 heteroatoms. The van der Waals surface area contributed by atoms with E-state index in [1.165, 1.54) is 32.1 Å². The highest BCUT2D eigenvalue weighted by atomic mass is 16.2. The van der Waals surface area contributed by atoms with Crippen molar-refractivity contribution in [2.45, 2.75) is 64.3 Å². The first kappa shape index (κ1) is 13.6. The van der Waals surface area contributed by atoms with Gasteiger partial charge in [-0.1, -0.05) is 45.6 Å². The lowest BCUT2D eigenvalue weighted by Crippen LogP contribution is -2.69. The molecule has 0 aromatic heterocycles. The van der Waals surface area contributed by atoms with E-state index in [0.29, 0.717) is 6.04 Å². The molecular weight excluding hydrogens is 224 g/mol. The van der Waals surface area contributed by atoms with Gasteiger partial charge in [-0.2, -0.15) is 0 Å². The number of carbonyl (C=O) groups excluding carboxylic acids is 1. The SMILES string of the molecule is C=C1CCC2(CNC2CCCCCCC)C(=O)N1. The minimum absolute atomic E-state index is 0.119. The molecule has 2 fully saturated rings. The second-order valence-corrected chi connectivity index (χ2v) is 5.85. The predicted molar refractivity (Wildman–Crippen MR) is 74.1 cm³/mol. The van der Waals surface area contributed by atoms with Crippen molar-refractivity contribution in [2.75, 3.05) is 6.54 Å². The number of allylic oxidation sites excluding steroid dienone is 1. The molecule has 3 nitrogen and oxygen atoms in total. The third-order valence-corrected chi connectivity index (χ3v) is 4.54. The van der Waals surface area contributed by atoms with Gasteiger partial charge in [-0.3, -0.25) is 4.79 Å². The van der Waals surface area contributed by atoms with Gasteiger partial charge in [0.2, 0.25) is 5.91 Å². The molecular formula is C15H26N2O. The molecule has 2 heterocycles. The minimum Gasteiger partial charge on any atom is -0.330 e. The number of carbonyl (C=O) groups is 1. The van der Waals surface area contributed by atoms with Gasteiger partial charge in [0.15, 0.2) is 0 Å². The molecule has 0 aromatic rings. The Kier molecular flexibility index (Phi) is 4.44. The van der Waals surface area contributed by atoms with Gasteiger partial charge in [0.05, 0.1) is 5.41 Å². The summed E-state index contributed by atoms with van der Waals surface area (Å²) in [4.78, 5) is 12.1. The monoisotopic (exact) mass is 250 g/mol. The Morgan fingerprint density at radius 1 is 1.33 bits per heavy atom. The van der Waals surface area contributed by atoms with Crippen LogP contribution in [0.1, 0.15) is 58.3 Å². The molecule has 1 spiro atoms. The average Bonchev–Trinajstić information content (AvgIpc) is 2.32. The molecule has 2 aliphatic heterocycles. The van der Waals surface area contributed by atoms with Crippen LogP contribution in [0.3, 0.4) is 0 Å². The lowest BCUT2D eigenvalue weighted by atomic mass is 9.66. The Labute approximate surface area is 110 Å². The zero-order chi connectivity index (χ0) is 13.0. The van der Waals surface area contributed by atoms with Crippen molar-refractivity contribution in [1.82, 2.24) is 10.6 Å². The van der Waals surface area contributed by atoms with Crippen LogP contribution in [0.15, 0.2) is 12.3 Å². The van der Waals surface area contributed by atoms with E-state index in [-0.39, 0.29) is 11.3 Å². The summed E-state index contributed by atoms with van der Waals surface area (Å²) in [5.74, 6) is 0.205. The van der Waals surface area contributed by atoms with Gasteiger partial charge in [-0.05, 0) is 19.3 Å². The van der Waals surface area contributed by atoms with E-state index in [2.05, 4.69) is 24.1 Å². The Hall–Kier alpha value is -0.830. The number of piperidine rings is 1. The van der Waals surface area contributed by atoms with Crippen LogP contribution in [0.4, 0.5) is 0 Å². The minimum atomic E-state index is -0.119. The van der Waals surface area contributed by atoms with E-state index in [4.69, 9.17) is 0 Å². The summed E-state index contributed by atoms with van der Waals surface area (Å²) in [6.45, 7) is 6.95. The third-order valence-electron chi connectivity index (χ3n) is 4.54. The van der Waals surface area contributed by atoms with Gasteiger partial charge in [-0.25, -0.2) is 0 Å². The molecule has 2 unspecified atom stereocenters. The van der Waals surface area contributed by atoms with Gasteiger partial charge in [0.25, 0.3) is 0 Å². The highest BCUT2D eigenvalue weighted by molar-refractivity contribution is 5.87. The summed E-state index contributed by atoms with van der Waals surface area (Å²) >= 11 is 0. The molecule has 18 heavy (non-hydrogen) atoms. The van der Waals surface area contributed by atoms with Crippen LogP contribution in [0.25, 0.3) is 0 Å². The van der Waals surface area contributed by atoms with E-state index in [9.17, 15) is 4.79 Å². The van der Waals surface area contributed by atoms with Crippen LogP contribution in [0.5, 0.6) is 0 Å². The van der Waals surface area contributed by atoms with Crippen molar-refractivity contribution in [3.8, 4) is 0 Å². The number of unbranched alkanes of at least 4 members (excludes halogenated alkanes) is 4. The molecule has 0 aromatic carbocycles. The quantitative estimate of drug-likeness (QED) is 0.712. The average molecular weight is 250 g/mol. The first-order valence-electron chi connectivity index (χ1n) is 7.41. The Bertz CT molecular complexity index is 326.